The number of hydrogen-bond donors (Lipinski definition) is 0. The van der Waals surface area contributed by atoms with Gasteiger partial charge in [-0.2, -0.15) is 5.26 Å². The molecule has 0 saturated carbocycles. The number of hydrogen-bond acceptors (Lipinski definition) is 3. The number of aryl methyl sites for hydroxylation is 1. The maximum absolute atomic E-state index is 12.4. The van der Waals surface area contributed by atoms with E-state index in [1.807, 2.05) is 25.1 Å². The summed E-state index contributed by atoms with van der Waals surface area (Å²) in [5, 5.41) is 9.23. The van der Waals surface area contributed by atoms with Crippen molar-refractivity contribution in [2.75, 3.05) is 7.05 Å². The molecule has 1 atom stereocenters. The van der Waals surface area contributed by atoms with Crippen LogP contribution in [0.15, 0.2) is 47.1 Å². The molecule has 0 aliphatic carbocycles. The first-order chi connectivity index (χ1) is 9.15. The first-order valence-electron chi connectivity index (χ1n) is 5.91. The van der Waals surface area contributed by atoms with Crippen LogP contribution in [0.5, 0.6) is 0 Å². The summed E-state index contributed by atoms with van der Waals surface area (Å²) in [7, 11) is 1.60. The maximum atomic E-state index is 12.4. The molecule has 0 fully saturated rings. The van der Waals surface area contributed by atoms with Crippen LogP contribution in [0, 0.1) is 18.3 Å². The lowest BCUT2D eigenvalue weighted by atomic mass is 10.1. The Kier molecular flexibility index (Phi) is 3.67. The number of nitrogens with zero attached hydrogens (tertiary/aromatic N) is 2. The third-order valence-corrected chi connectivity index (χ3v) is 3.02. The minimum absolute atomic E-state index is 0.193. The number of benzene rings is 1. The Morgan fingerprint density at radius 2 is 2.05 bits per heavy atom. The van der Waals surface area contributed by atoms with Crippen molar-refractivity contribution in [1.82, 2.24) is 4.90 Å². The number of nitriles is 1. The second-order valence-electron chi connectivity index (χ2n) is 4.28. The van der Waals surface area contributed by atoms with Crippen molar-refractivity contribution in [1.29, 1.82) is 5.26 Å². The van der Waals surface area contributed by atoms with Crippen LogP contribution < -0.4 is 0 Å². The number of carbonyl (C=O) groups excluding carboxylic acids is 1. The first-order valence-corrected chi connectivity index (χ1v) is 5.91. The monoisotopic (exact) mass is 254 g/mol. The molecule has 0 saturated heterocycles. The highest BCUT2D eigenvalue weighted by atomic mass is 16.3. The normalized spacial score (nSPS) is 11.6. The first kappa shape index (κ1) is 12.9. The molecule has 1 aromatic carbocycles. The molecule has 4 nitrogen and oxygen atoms in total. The minimum Gasteiger partial charge on any atom is -0.466 e. The summed E-state index contributed by atoms with van der Waals surface area (Å²) in [4.78, 5) is 13.8. The van der Waals surface area contributed by atoms with Gasteiger partial charge in [0.05, 0.1) is 12.3 Å². The summed E-state index contributed by atoms with van der Waals surface area (Å²) < 4.78 is 5.21. The molecule has 96 valence electrons. The molecule has 2 aromatic rings. The predicted octanol–water partition coefficient (Wildman–Crippen LogP) is 2.92. The quantitative estimate of drug-likeness (QED) is 0.846. The average molecular weight is 254 g/mol. The van der Waals surface area contributed by atoms with Crippen molar-refractivity contribution in [2.24, 2.45) is 0 Å². The molecule has 0 bridgehead atoms. The van der Waals surface area contributed by atoms with Gasteiger partial charge in [-0.25, -0.2) is 0 Å². The van der Waals surface area contributed by atoms with Crippen LogP contribution in [0.1, 0.15) is 27.7 Å². The van der Waals surface area contributed by atoms with E-state index in [-0.39, 0.29) is 5.91 Å². The average Bonchev–Trinajstić information content (AvgIpc) is 2.93. The molecule has 4 heteroatoms. The molecule has 1 heterocycles. The minimum atomic E-state index is -0.720. The van der Waals surface area contributed by atoms with Crippen molar-refractivity contribution < 1.29 is 9.21 Å². The number of rotatable bonds is 3. The van der Waals surface area contributed by atoms with Crippen LogP contribution in [0.25, 0.3) is 0 Å². The summed E-state index contributed by atoms with van der Waals surface area (Å²) in [6.45, 7) is 1.87. The van der Waals surface area contributed by atoms with Gasteiger partial charge in [-0.15, -0.1) is 0 Å². The van der Waals surface area contributed by atoms with Crippen molar-refractivity contribution >= 4 is 5.91 Å². The molecule has 19 heavy (non-hydrogen) atoms. The van der Waals surface area contributed by atoms with E-state index in [1.54, 1.807) is 25.2 Å². The van der Waals surface area contributed by atoms with Gasteiger partial charge in [-0.1, -0.05) is 18.2 Å². The molecule has 0 N–H and O–H groups in total. The molecule has 1 unspecified atom stereocenters. The summed E-state index contributed by atoms with van der Waals surface area (Å²) in [6.07, 6.45) is 1.49. The molecule has 0 spiro atoms. The van der Waals surface area contributed by atoms with E-state index in [0.717, 1.165) is 5.56 Å². The third-order valence-electron chi connectivity index (χ3n) is 3.02. The second-order valence-corrected chi connectivity index (χ2v) is 4.28. The Morgan fingerprint density at radius 1 is 1.32 bits per heavy atom. The smallest absolute Gasteiger partial charge is 0.255 e. The van der Waals surface area contributed by atoms with E-state index >= 15 is 0 Å². The van der Waals surface area contributed by atoms with Gasteiger partial charge in [0.15, 0.2) is 6.04 Å². The fraction of sp³-hybridized carbons (Fsp3) is 0.200. The molecule has 0 aliphatic heterocycles. The number of furan rings is 1. The molecule has 1 amide bonds. The van der Waals surface area contributed by atoms with Crippen molar-refractivity contribution in [3.8, 4) is 6.07 Å². The molecular formula is C15H14N2O2. The largest absolute Gasteiger partial charge is 0.466 e. The highest BCUT2D eigenvalue weighted by Gasteiger charge is 2.25. The van der Waals surface area contributed by atoms with Crippen LogP contribution >= 0.6 is 0 Å². The predicted molar refractivity (Wildman–Crippen MR) is 70.3 cm³/mol. The Balaban J connectivity index is 2.29. The Morgan fingerprint density at radius 3 is 2.63 bits per heavy atom. The Hall–Kier alpha value is -2.54. The second kappa shape index (κ2) is 5.40. The summed E-state index contributed by atoms with van der Waals surface area (Å²) in [5.41, 5.74) is 1.48. The van der Waals surface area contributed by atoms with Crippen molar-refractivity contribution in [3.05, 3.63) is 59.5 Å². The van der Waals surface area contributed by atoms with Crippen LogP contribution in [0.3, 0.4) is 0 Å². The standard InChI is InChI=1S/C15H14N2O2/c1-11-6-3-4-7-12(11)15(18)17(2)13(10-16)14-8-5-9-19-14/h3-9,13H,1-2H3. The van der Waals surface area contributed by atoms with Gasteiger partial charge in [0.2, 0.25) is 0 Å². The number of amides is 1. The summed E-state index contributed by atoms with van der Waals surface area (Å²) in [6, 6.07) is 12.1. The lowest BCUT2D eigenvalue weighted by Crippen LogP contribution is -2.30. The molecule has 0 radical (unpaired) electrons. The topological polar surface area (TPSA) is 57.2 Å². The highest BCUT2D eigenvalue weighted by Crippen LogP contribution is 2.21. The van der Waals surface area contributed by atoms with Crippen molar-refractivity contribution in [3.63, 3.8) is 0 Å². The lowest BCUT2D eigenvalue weighted by molar-refractivity contribution is 0.0750. The van der Waals surface area contributed by atoms with Gasteiger partial charge < -0.3 is 9.32 Å². The fourth-order valence-corrected chi connectivity index (χ4v) is 1.91. The van der Waals surface area contributed by atoms with E-state index in [2.05, 4.69) is 6.07 Å². The molecule has 1 aromatic heterocycles. The van der Waals surface area contributed by atoms with E-state index in [0.29, 0.717) is 11.3 Å². The van der Waals surface area contributed by atoms with Crippen molar-refractivity contribution in [2.45, 2.75) is 13.0 Å². The van der Waals surface area contributed by atoms with Gasteiger partial charge in [0.1, 0.15) is 5.76 Å². The molecule has 2 rings (SSSR count). The van der Waals surface area contributed by atoms with Gasteiger partial charge in [-0.3, -0.25) is 4.79 Å². The fourth-order valence-electron chi connectivity index (χ4n) is 1.91. The Bertz CT molecular complexity index is 611. The third kappa shape index (κ3) is 2.50. The van der Waals surface area contributed by atoms with Crippen LogP contribution in [-0.4, -0.2) is 17.9 Å². The van der Waals surface area contributed by atoms with E-state index in [1.165, 1.54) is 11.2 Å². The lowest BCUT2D eigenvalue weighted by Gasteiger charge is -2.21. The van der Waals surface area contributed by atoms with E-state index in [9.17, 15) is 10.1 Å². The van der Waals surface area contributed by atoms with Gasteiger partial charge in [-0.05, 0) is 30.7 Å². The highest BCUT2D eigenvalue weighted by molar-refractivity contribution is 5.95. The van der Waals surface area contributed by atoms with Crippen LogP contribution in [0.4, 0.5) is 0 Å². The zero-order valence-corrected chi connectivity index (χ0v) is 10.8. The van der Waals surface area contributed by atoms with E-state index < -0.39 is 6.04 Å². The Labute approximate surface area is 111 Å². The summed E-state index contributed by atoms with van der Waals surface area (Å²) >= 11 is 0. The van der Waals surface area contributed by atoms with Gasteiger partial charge in [0.25, 0.3) is 5.91 Å². The van der Waals surface area contributed by atoms with Gasteiger partial charge >= 0.3 is 0 Å². The zero-order valence-electron chi connectivity index (χ0n) is 10.8. The molecular weight excluding hydrogens is 240 g/mol. The summed E-state index contributed by atoms with van der Waals surface area (Å²) in [5.74, 6) is 0.271. The zero-order chi connectivity index (χ0) is 13.8. The maximum Gasteiger partial charge on any atom is 0.255 e. The SMILES string of the molecule is Cc1ccccc1C(=O)N(C)C(C#N)c1ccco1. The van der Waals surface area contributed by atoms with Crippen LogP contribution in [-0.2, 0) is 0 Å². The van der Waals surface area contributed by atoms with Gasteiger partial charge in [0, 0.05) is 12.6 Å². The van der Waals surface area contributed by atoms with E-state index in [4.69, 9.17) is 4.42 Å². The molecule has 0 aliphatic rings. The van der Waals surface area contributed by atoms with Crippen LogP contribution in [0.2, 0.25) is 0 Å². The number of carbonyl (C=O) groups is 1.